The second-order valence-electron chi connectivity index (χ2n) is 8.51. The predicted octanol–water partition coefficient (Wildman–Crippen LogP) is 6.61. The molecule has 2 aromatic carbocycles. The second kappa shape index (κ2) is 7.11. The van der Waals surface area contributed by atoms with Crippen LogP contribution in [0.1, 0.15) is 67.3 Å². The van der Waals surface area contributed by atoms with Gasteiger partial charge in [-0.1, -0.05) is 43.0 Å². The molecule has 1 fully saturated rings. The van der Waals surface area contributed by atoms with Crippen LogP contribution in [0.4, 0.5) is 0 Å². The van der Waals surface area contributed by atoms with E-state index >= 15 is 0 Å². The molecular formula is C26H32N+. The van der Waals surface area contributed by atoms with Crippen LogP contribution in [-0.2, 0) is 7.05 Å². The molecule has 1 aromatic heterocycles. The Labute approximate surface area is 165 Å². The normalized spacial score (nSPS) is 16.0. The molecule has 1 aliphatic rings. The Hall–Kier alpha value is -2.15. The molecule has 0 aliphatic heterocycles. The van der Waals surface area contributed by atoms with Gasteiger partial charge in [0.25, 0.3) is 0 Å². The molecule has 0 unspecified atom stereocenters. The highest BCUT2D eigenvalue weighted by molar-refractivity contribution is 5.94. The lowest BCUT2D eigenvalue weighted by molar-refractivity contribution is -0.665. The molecule has 1 nitrogen and oxygen atoms in total. The molecule has 1 saturated carbocycles. The standard InChI is InChI=1S/C26H32N/c1-17-11-12-24-23(13-17)15-19(3)27(5)26(24)25-16-22(14-18(2)20(25)4)21-9-7-6-8-10-21/h11-16,21H,6-10H2,1-5H3/q+1/i15D. The molecular weight excluding hydrogens is 326 g/mol. The Morgan fingerprint density at radius 2 is 1.70 bits per heavy atom. The van der Waals surface area contributed by atoms with Crippen molar-refractivity contribution >= 4 is 10.8 Å². The van der Waals surface area contributed by atoms with Crippen LogP contribution in [-0.4, -0.2) is 0 Å². The summed E-state index contributed by atoms with van der Waals surface area (Å²) in [4.78, 5) is 0. The maximum Gasteiger partial charge on any atom is 0.220 e. The largest absolute Gasteiger partial charge is 0.220 e. The van der Waals surface area contributed by atoms with E-state index in [0.717, 1.165) is 11.1 Å². The topological polar surface area (TPSA) is 3.88 Å². The number of aryl methyl sites for hydroxylation is 2. The molecule has 4 rings (SSSR count). The lowest BCUT2D eigenvalue weighted by Gasteiger charge is -2.24. The summed E-state index contributed by atoms with van der Waals surface area (Å²) in [5.41, 5.74) is 9.06. The van der Waals surface area contributed by atoms with Crippen molar-refractivity contribution < 1.29 is 5.94 Å². The first-order valence-corrected chi connectivity index (χ1v) is 10.4. The minimum Gasteiger partial charge on any atom is -0.198 e. The molecule has 0 radical (unpaired) electrons. The first-order valence-electron chi connectivity index (χ1n) is 10.9. The molecule has 1 heterocycles. The van der Waals surface area contributed by atoms with E-state index in [1.54, 1.807) is 0 Å². The number of fused-ring (bicyclic) bond motifs is 1. The highest BCUT2D eigenvalue weighted by atomic mass is 14.9. The molecule has 0 atom stereocenters. The van der Waals surface area contributed by atoms with Crippen LogP contribution in [0.5, 0.6) is 0 Å². The van der Waals surface area contributed by atoms with Crippen LogP contribution in [0.25, 0.3) is 22.0 Å². The summed E-state index contributed by atoms with van der Waals surface area (Å²) in [5.74, 6) is 0.696. The van der Waals surface area contributed by atoms with Gasteiger partial charge in [0.15, 0.2) is 5.69 Å². The maximum absolute atomic E-state index is 8.66. The smallest absolute Gasteiger partial charge is 0.198 e. The van der Waals surface area contributed by atoms with Gasteiger partial charge < -0.3 is 0 Å². The van der Waals surface area contributed by atoms with E-state index < -0.39 is 0 Å². The first-order chi connectivity index (χ1) is 13.4. The zero-order valence-corrected chi connectivity index (χ0v) is 17.4. The number of rotatable bonds is 2. The van der Waals surface area contributed by atoms with Crippen LogP contribution in [0.3, 0.4) is 0 Å². The van der Waals surface area contributed by atoms with Gasteiger partial charge in [0.1, 0.15) is 7.05 Å². The summed E-state index contributed by atoms with van der Waals surface area (Å²) in [6.45, 7) is 8.68. The van der Waals surface area contributed by atoms with Crippen molar-refractivity contribution in [2.45, 2.75) is 65.7 Å². The van der Waals surface area contributed by atoms with E-state index in [1.807, 2.05) is 0 Å². The molecule has 27 heavy (non-hydrogen) atoms. The van der Waals surface area contributed by atoms with Crippen LogP contribution in [0, 0.1) is 27.7 Å². The highest BCUT2D eigenvalue weighted by Crippen LogP contribution is 2.37. The Morgan fingerprint density at radius 1 is 0.963 bits per heavy atom. The SMILES string of the molecule is [2H]c1c(C)[n+](C)c(-c2cc(C3CCCCC3)cc(C)c2C)c2ccc(C)cc12. The minimum absolute atomic E-state index is 0.641. The summed E-state index contributed by atoms with van der Waals surface area (Å²) >= 11 is 0. The monoisotopic (exact) mass is 359 g/mol. The summed E-state index contributed by atoms with van der Waals surface area (Å²) in [6.07, 6.45) is 6.74. The van der Waals surface area contributed by atoms with Gasteiger partial charge in [-0.25, -0.2) is 0 Å². The fourth-order valence-electron chi connectivity index (χ4n) is 4.73. The third-order valence-corrected chi connectivity index (χ3v) is 6.61. The quantitative estimate of drug-likeness (QED) is 0.453. The van der Waals surface area contributed by atoms with E-state index in [9.17, 15) is 0 Å². The van der Waals surface area contributed by atoms with Gasteiger partial charge in [-0.15, -0.1) is 0 Å². The number of aromatic nitrogens is 1. The Kier molecular flexibility index (Phi) is 4.47. The summed E-state index contributed by atoms with van der Waals surface area (Å²) in [6, 6.07) is 12.1. The summed E-state index contributed by atoms with van der Waals surface area (Å²) in [5, 5.41) is 2.25. The van der Waals surface area contributed by atoms with Crippen LogP contribution in [0.2, 0.25) is 0 Å². The third kappa shape index (κ3) is 3.29. The van der Waals surface area contributed by atoms with Crippen molar-refractivity contribution in [1.82, 2.24) is 0 Å². The van der Waals surface area contributed by atoms with Crippen molar-refractivity contribution in [3.63, 3.8) is 0 Å². The molecule has 1 aliphatic carbocycles. The van der Waals surface area contributed by atoms with Gasteiger partial charge in [0.05, 0.1) is 12.3 Å². The van der Waals surface area contributed by atoms with E-state index in [1.165, 1.54) is 71.0 Å². The zero-order valence-electron chi connectivity index (χ0n) is 18.4. The number of benzene rings is 2. The zero-order chi connectivity index (χ0) is 20.0. The van der Waals surface area contributed by atoms with Crippen molar-refractivity contribution in [3.05, 3.63) is 64.3 Å². The average Bonchev–Trinajstić information content (AvgIpc) is 2.70. The van der Waals surface area contributed by atoms with Crippen molar-refractivity contribution in [2.75, 3.05) is 0 Å². The first kappa shape index (κ1) is 17.0. The van der Waals surface area contributed by atoms with E-state index in [0.29, 0.717) is 12.0 Å². The van der Waals surface area contributed by atoms with Crippen molar-refractivity contribution in [1.29, 1.82) is 0 Å². The lowest BCUT2D eigenvalue weighted by atomic mass is 9.81. The second-order valence-corrected chi connectivity index (χ2v) is 8.51. The Morgan fingerprint density at radius 3 is 2.44 bits per heavy atom. The fourth-order valence-corrected chi connectivity index (χ4v) is 4.73. The van der Waals surface area contributed by atoms with E-state index in [-0.39, 0.29) is 0 Å². The lowest BCUT2D eigenvalue weighted by Crippen LogP contribution is -2.35. The molecule has 3 aromatic rings. The number of hydrogen-bond donors (Lipinski definition) is 0. The Balaban J connectivity index is 2.01. The Bertz CT molecular complexity index is 1060. The fraction of sp³-hybridized carbons (Fsp3) is 0.423. The molecule has 0 saturated heterocycles. The van der Waals surface area contributed by atoms with Gasteiger partial charge in [0.2, 0.25) is 5.69 Å². The van der Waals surface area contributed by atoms with Gasteiger partial charge in [-0.3, -0.25) is 0 Å². The van der Waals surface area contributed by atoms with Gasteiger partial charge in [0, 0.05) is 13.0 Å². The summed E-state index contributed by atoms with van der Waals surface area (Å²) in [7, 11) is 2.12. The van der Waals surface area contributed by atoms with E-state index in [2.05, 4.69) is 69.6 Å². The van der Waals surface area contributed by atoms with Crippen LogP contribution < -0.4 is 4.57 Å². The van der Waals surface area contributed by atoms with Crippen LogP contribution >= 0.6 is 0 Å². The summed E-state index contributed by atoms with van der Waals surface area (Å²) < 4.78 is 10.9. The highest BCUT2D eigenvalue weighted by Gasteiger charge is 2.23. The molecule has 140 valence electrons. The van der Waals surface area contributed by atoms with Gasteiger partial charge in [-0.2, -0.15) is 4.57 Å². The van der Waals surface area contributed by atoms with Crippen LogP contribution in [0.15, 0.2) is 36.4 Å². The molecule has 0 amide bonds. The van der Waals surface area contributed by atoms with Crippen molar-refractivity contribution in [2.24, 2.45) is 7.05 Å². The molecule has 0 spiro atoms. The molecule has 1 heteroatoms. The van der Waals surface area contributed by atoms with Crippen molar-refractivity contribution in [3.8, 4) is 11.3 Å². The third-order valence-electron chi connectivity index (χ3n) is 6.61. The average molecular weight is 360 g/mol. The molecule has 0 bridgehead atoms. The van der Waals surface area contributed by atoms with Gasteiger partial charge >= 0.3 is 0 Å². The predicted molar refractivity (Wildman–Crippen MR) is 115 cm³/mol. The van der Waals surface area contributed by atoms with E-state index in [4.69, 9.17) is 1.37 Å². The number of hydrogen-bond acceptors (Lipinski definition) is 0. The number of pyridine rings is 1. The number of nitrogens with zero attached hydrogens (tertiary/aromatic N) is 1. The molecule has 0 N–H and O–H groups in total. The maximum atomic E-state index is 8.66. The minimum atomic E-state index is 0.641. The van der Waals surface area contributed by atoms with Gasteiger partial charge in [-0.05, 0) is 73.7 Å².